The van der Waals surface area contributed by atoms with Crippen molar-refractivity contribution < 1.29 is 13.9 Å². The summed E-state index contributed by atoms with van der Waals surface area (Å²) in [4.78, 5) is 0. The second-order valence-electron chi connectivity index (χ2n) is 5.49. The van der Waals surface area contributed by atoms with Crippen LogP contribution < -0.4 is 10.5 Å². The van der Waals surface area contributed by atoms with Crippen LogP contribution in [0.2, 0.25) is 0 Å². The second-order valence-corrected chi connectivity index (χ2v) is 5.49. The third-order valence-electron chi connectivity index (χ3n) is 3.95. The van der Waals surface area contributed by atoms with Gasteiger partial charge >= 0.3 is 0 Å². The minimum absolute atomic E-state index is 0.226. The van der Waals surface area contributed by atoms with Gasteiger partial charge in [-0.15, -0.1) is 0 Å². The summed E-state index contributed by atoms with van der Waals surface area (Å²) < 4.78 is 24.5. The van der Waals surface area contributed by atoms with E-state index in [0.29, 0.717) is 19.1 Å². The van der Waals surface area contributed by atoms with Crippen molar-refractivity contribution in [3.63, 3.8) is 0 Å². The Balaban J connectivity index is 2.00. The molecule has 19 heavy (non-hydrogen) atoms. The van der Waals surface area contributed by atoms with Crippen molar-refractivity contribution in [2.45, 2.75) is 38.4 Å². The Morgan fingerprint density at radius 3 is 2.79 bits per heavy atom. The molecule has 0 aliphatic heterocycles. The minimum Gasteiger partial charge on any atom is -0.494 e. The van der Waals surface area contributed by atoms with Gasteiger partial charge in [-0.2, -0.15) is 0 Å². The van der Waals surface area contributed by atoms with Crippen LogP contribution in [0.4, 0.5) is 4.39 Å². The molecule has 0 saturated heterocycles. The molecule has 0 amide bonds. The molecule has 0 radical (unpaired) electrons. The van der Waals surface area contributed by atoms with Gasteiger partial charge in [-0.3, -0.25) is 0 Å². The molecule has 1 saturated carbocycles. The fourth-order valence-electron chi connectivity index (χ4n) is 2.76. The van der Waals surface area contributed by atoms with E-state index in [2.05, 4.69) is 6.92 Å². The molecular formula is C15H22FNO2. The van der Waals surface area contributed by atoms with Gasteiger partial charge in [-0.25, -0.2) is 4.39 Å². The summed E-state index contributed by atoms with van der Waals surface area (Å²) in [7, 11) is 1.46. The zero-order chi connectivity index (χ0) is 13.9. The van der Waals surface area contributed by atoms with Crippen molar-refractivity contribution in [2.24, 2.45) is 11.7 Å². The van der Waals surface area contributed by atoms with Gasteiger partial charge in [-0.1, -0.05) is 13.0 Å². The first-order chi connectivity index (χ1) is 9.08. The van der Waals surface area contributed by atoms with E-state index in [9.17, 15) is 4.39 Å². The molecule has 1 aliphatic rings. The highest BCUT2D eigenvalue weighted by molar-refractivity contribution is 5.28. The molecule has 1 aliphatic carbocycles. The number of ether oxygens (including phenoxy) is 2. The predicted molar refractivity (Wildman–Crippen MR) is 72.5 cm³/mol. The maximum Gasteiger partial charge on any atom is 0.165 e. The smallest absolute Gasteiger partial charge is 0.165 e. The Labute approximate surface area is 113 Å². The molecule has 4 heteroatoms. The summed E-state index contributed by atoms with van der Waals surface area (Å²) in [6, 6.07) is 4.91. The average Bonchev–Trinajstić information content (AvgIpc) is 2.79. The van der Waals surface area contributed by atoms with Crippen LogP contribution in [-0.4, -0.2) is 19.3 Å². The molecule has 3 nitrogen and oxygen atoms in total. The second kappa shape index (κ2) is 5.88. The van der Waals surface area contributed by atoms with Gasteiger partial charge in [0, 0.05) is 6.54 Å². The number of nitrogens with two attached hydrogens (primary N) is 1. The summed E-state index contributed by atoms with van der Waals surface area (Å²) in [5.74, 6) is 0.549. The predicted octanol–water partition coefficient (Wildman–Crippen LogP) is 2.87. The van der Waals surface area contributed by atoms with E-state index in [1.54, 1.807) is 6.07 Å². The topological polar surface area (TPSA) is 44.5 Å². The van der Waals surface area contributed by atoms with Gasteiger partial charge in [-0.05, 0) is 42.9 Å². The monoisotopic (exact) mass is 267 g/mol. The molecule has 0 spiro atoms. The van der Waals surface area contributed by atoms with Crippen molar-refractivity contribution in [3.8, 4) is 5.75 Å². The average molecular weight is 267 g/mol. The third-order valence-corrected chi connectivity index (χ3v) is 3.95. The van der Waals surface area contributed by atoms with Crippen molar-refractivity contribution in [3.05, 3.63) is 29.6 Å². The first kappa shape index (κ1) is 14.3. The minimum atomic E-state index is -0.356. The van der Waals surface area contributed by atoms with Crippen molar-refractivity contribution in [1.29, 1.82) is 0 Å². The molecule has 1 fully saturated rings. The molecule has 1 aromatic carbocycles. The van der Waals surface area contributed by atoms with Crippen LogP contribution in [0.3, 0.4) is 0 Å². The van der Waals surface area contributed by atoms with E-state index < -0.39 is 0 Å². The highest BCUT2D eigenvalue weighted by Crippen LogP contribution is 2.37. The third kappa shape index (κ3) is 3.25. The fourth-order valence-corrected chi connectivity index (χ4v) is 2.76. The van der Waals surface area contributed by atoms with Crippen LogP contribution in [-0.2, 0) is 11.3 Å². The number of hydrogen-bond donors (Lipinski definition) is 1. The Kier molecular flexibility index (Phi) is 4.42. The van der Waals surface area contributed by atoms with Crippen molar-refractivity contribution in [2.75, 3.05) is 13.7 Å². The molecule has 106 valence electrons. The standard InChI is InChI=1S/C15H22FNO2/c1-11-5-6-15(8-11,10-17)19-9-12-3-4-14(18-2)13(16)7-12/h3-4,7,11H,5-6,8-10,17H2,1-2H3. The lowest BCUT2D eigenvalue weighted by atomic mass is 10.0. The van der Waals surface area contributed by atoms with Gasteiger partial charge < -0.3 is 15.2 Å². The van der Waals surface area contributed by atoms with Gasteiger partial charge in [0.25, 0.3) is 0 Å². The maximum atomic E-state index is 13.6. The summed E-state index contributed by atoms with van der Waals surface area (Å²) in [6.45, 7) is 3.13. The number of rotatable bonds is 5. The maximum absolute atomic E-state index is 13.6. The number of halogens is 1. The van der Waals surface area contributed by atoms with Crippen LogP contribution in [0.15, 0.2) is 18.2 Å². The Bertz CT molecular complexity index is 438. The highest BCUT2D eigenvalue weighted by atomic mass is 19.1. The summed E-state index contributed by atoms with van der Waals surface area (Å²) in [6.07, 6.45) is 3.12. The normalized spacial score (nSPS) is 26.6. The van der Waals surface area contributed by atoms with Crippen LogP contribution in [0.1, 0.15) is 31.7 Å². The Morgan fingerprint density at radius 2 is 2.26 bits per heavy atom. The number of benzene rings is 1. The molecule has 2 atom stereocenters. The van der Waals surface area contributed by atoms with Crippen molar-refractivity contribution in [1.82, 2.24) is 0 Å². The number of methoxy groups -OCH3 is 1. The molecule has 2 unspecified atom stereocenters. The zero-order valence-corrected chi connectivity index (χ0v) is 11.6. The molecule has 0 aromatic heterocycles. The Morgan fingerprint density at radius 1 is 1.47 bits per heavy atom. The van der Waals surface area contributed by atoms with E-state index in [1.165, 1.54) is 13.2 Å². The molecule has 2 N–H and O–H groups in total. The van der Waals surface area contributed by atoms with E-state index in [4.69, 9.17) is 15.2 Å². The van der Waals surface area contributed by atoms with E-state index >= 15 is 0 Å². The molecule has 0 bridgehead atoms. The lowest BCUT2D eigenvalue weighted by molar-refractivity contribution is -0.0472. The summed E-state index contributed by atoms with van der Waals surface area (Å²) in [5, 5.41) is 0. The zero-order valence-electron chi connectivity index (χ0n) is 11.6. The molecular weight excluding hydrogens is 245 g/mol. The largest absolute Gasteiger partial charge is 0.494 e. The summed E-state index contributed by atoms with van der Waals surface area (Å²) in [5.41, 5.74) is 6.44. The number of hydrogen-bond acceptors (Lipinski definition) is 3. The van der Waals surface area contributed by atoms with E-state index in [-0.39, 0.29) is 17.2 Å². The molecule has 0 heterocycles. The van der Waals surface area contributed by atoms with Crippen LogP contribution in [0.25, 0.3) is 0 Å². The fraction of sp³-hybridized carbons (Fsp3) is 0.600. The molecule has 1 aromatic rings. The van der Waals surface area contributed by atoms with Crippen LogP contribution in [0, 0.1) is 11.7 Å². The van der Waals surface area contributed by atoms with Crippen molar-refractivity contribution >= 4 is 0 Å². The first-order valence-corrected chi connectivity index (χ1v) is 6.75. The molecule has 2 rings (SSSR count). The van der Waals surface area contributed by atoms with E-state index in [0.717, 1.165) is 24.8 Å². The van der Waals surface area contributed by atoms with Crippen LogP contribution >= 0.6 is 0 Å². The van der Waals surface area contributed by atoms with E-state index in [1.807, 2.05) is 6.07 Å². The van der Waals surface area contributed by atoms with Gasteiger partial charge in [0.2, 0.25) is 0 Å². The van der Waals surface area contributed by atoms with Crippen LogP contribution in [0.5, 0.6) is 5.75 Å². The van der Waals surface area contributed by atoms with Gasteiger partial charge in [0.05, 0.1) is 19.3 Å². The SMILES string of the molecule is COc1ccc(COC2(CN)CCC(C)C2)cc1F. The first-order valence-electron chi connectivity index (χ1n) is 6.75. The lowest BCUT2D eigenvalue weighted by Gasteiger charge is -2.28. The summed E-state index contributed by atoms with van der Waals surface area (Å²) >= 11 is 0. The Hall–Kier alpha value is -1.13. The lowest BCUT2D eigenvalue weighted by Crippen LogP contribution is -2.38. The quantitative estimate of drug-likeness (QED) is 0.892. The van der Waals surface area contributed by atoms with Gasteiger partial charge in [0.15, 0.2) is 11.6 Å². The van der Waals surface area contributed by atoms with Gasteiger partial charge in [0.1, 0.15) is 0 Å². The highest BCUT2D eigenvalue weighted by Gasteiger charge is 2.37.